The molecule has 2 nitrogen and oxygen atoms in total. The Morgan fingerprint density at radius 2 is 2.00 bits per heavy atom. The van der Waals surface area contributed by atoms with E-state index in [1.54, 1.807) is 0 Å². The number of aliphatic hydroxyl groups excluding tert-OH is 1. The van der Waals surface area contributed by atoms with E-state index in [2.05, 4.69) is 36.5 Å². The topological polar surface area (TPSA) is 32.3 Å². The second-order valence-corrected chi connectivity index (χ2v) is 4.78. The summed E-state index contributed by atoms with van der Waals surface area (Å²) in [7, 11) is 0. The van der Waals surface area contributed by atoms with Gasteiger partial charge in [0.2, 0.25) is 0 Å². The third kappa shape index (κ3) is 2.63. The van der Waals surface area contributed by atoms with Gasteiger partial charge in [0.1, 0.15) is 0 Å². The van der Waals surface area contributed by atoms with Crippen LogP contribution in [-0.2, 0) is 0 Å². The molecule has 1 saturated carbocycles. The molecule has 0 heterocycles. The zero-order chi connectivity index (χ0) is 11.4. The van der Waals surface area contributed by atoms with Crippen molar-refractivity contribution >= 4 is 0 Å². The van der Waals surface area contributed by atoms with Gasteiger partial charge in [0.25, 0.3) is 0 Å². The first-order valence-corrected chi connectivity index (χ1v) is 6.23. The summed E-state index contributed by atoms with van der Waals surface area (Å²) >= 11 is 0. The first kappa shape index (κ1) is 11.6. The maximum Gasteiger partial charge on any atom is 0.0590 e. The molecular formula is C14H21NO. The molecule has 2 heteroatoms. The molecule has 0 aliphatic heterocycles. The second kappa shape index (κ2) is 5.46. The lowest BCUT2D eigenvalue weighted by Gasteiger charge is -2.33. The van der Waals surface area contributed by atoms with Gasteiger partial charge in [-0.2, -0.15) is 0 Å². The van der Waals surface area contributed by atoms with Crippen LogP contribution in [0, 0.1) is 0 Å². The van der Waals surface area contributed by atoms with E-state index in [1.165, 1.54) is 24.8 Å². The molecule has 1 fully saturated rings. The Hall–Kier alpha value is -0.860. The van der Waals surface area contributed by atoms with Gasteiger partial charge in [0, 0.05) is 12.1 Å². The number of benzene rings is 1. The van der Waals surface area contributed by atoms with Crippen LogP contribution in [0.5, 0.6) is 0 Å². The minimum absolute atomic E-state index is 0.188. The molecule has 2 rings (SSSR count). The van der Waals surface area contributed by atoms with Crippen LogP contribution in [0.1, 0.15) is 37.7 Å². The van der Waals surface area contributed by atoms with Crippen LogP contribution in [0.15, 0.2) is 30.3 Å². The summed E-state index contributed by atoms with van der Waals surface area (Å²) < 4.78 is 0. The SMILES string of the molecule is CC(c1ccccc1)C(CO)NC1CCC1. The number of aliphatic hydroxyl groups is 1. The first-order chi connectivity index (χ1) is 7.81. The van der Waals surface area contributed by atoms with E-state index in [-0.39, 0.29) is 12.6 Å². The zero-order valence-corrected chi connectivity index (χ0v) is 9.89. The normalized spacial score (nSPS) is 20.1. The van der Waals surface area contributed by atoms with Gasteiger partial charge in [-0.25, -0.2) is 0 Å². The third-order valence-electron chi connectivity index (χ3n) is 3.68. The van der Waals surface area contributed by atoms with E-state index in [0.29, 0.717) is 12.0 Å². The fraction of sp³-hybridized carbons (Fsp3) is 0.571. The Labute approximate surface area is 97.7 Å². The van der Waals surface area contributed by atoms with Crippen LogP contribution in [0.3, 0.4) is 0 Å². The summed E-state index contributed by atoms with van der Waals surface area (Å²) in [4.78, 5) is 0. The molecule has 88 valence electrons. The largest absolute Gasteiger partial charge is 0.395 e. The van der Waals surface area contributed by atoms with Crippen molar-refractivity contribution in [1.82, 2.24) is 5.32 Å². The Morgan fingerprint density at radius 1 is 1.31 bits per heavy atom. The van der Waals surface area contributed by atoms with Crippen molar-refractivity contribution in [3.63, 3.8) is 0 Å². The molecule has 1 aliphatic rings. The van der Waals surface area contributed by atoms with Gasteiger partial charge in [-0.15, -0.1) is 0 Å². The fourth-order valence-electron chi connectivity index (χ4n) is 2.22. The first-order valence-electron chi connectivity index (χ1n) is 6.23. The predicted octanol–water partition coefficient (Wildman–Crippen LogP) is 2.29. The Kier molecular flexibility index (Phi) is 3.97. The third-order valence-corrected chi connectivity index (χ3v) is 3.68. The smallest absolute Gasteiger partial charge is 0.0590 e. The molecular weight excluding hydrogens is 198 g/mol. The molecule has 2 N–H and O–H groups in total. The number of nitrogens with one attached hydrogen (secondary N) is 1. The van der Waals surface area contributed by atoms with E-state index in [9.17, 15) is 5.11 Å². The van der Waals surface area contributed by atoms with Crippen molar-refractivity contribution in [1.29, 1.82) is 0 Å². The summed E-state index contributed by atoms with van der Waals surface area (Å²) in [5.41, 5.74) is 1.30. The average Bonchev–Trinajstić information content (AvgIpc) is 2.28. The van der Waals surface area contributed by atoms with Crippen molar-refractivity contribution < 1.29 is 5.11 Å². The molecule has 2 unspecified atom stereocenters. The fourth-order valence-corrected chi connectivity index (χ4v) is 2.22. The molecule has 1 aromatic rings. The summed E-state index contributed by atoms with van der Waals surface area (Å²) in [5.74, 6) is 0.367. The van der Waals surface area contributed by atoms with Crippen LogP contribution in [-0.4, -0.2) is 23.8 Å². The van der Waals surface area contributed by atoms with Gasteiger partial charge in [0.05, 0.1) is 6.61 Å². The summed E-state index contributed by atoms with van der Waals surface area (Å²) in [6.07, 6.45) is 3.85. The number of rotatable bonds is 5. The van der Waals surface area contributed by atoms with Crippen LogP contribution in [0.4, 0.5) is 0 Å². The van der Waals surface area contributed by atoms with Gasteiger partial charge in [0.15, 0.2) is 0 Å². The van der Waals surface area contributed by atoms with Crippen LogP contribution < -0.4 is 5.32 Å². The molecule has 1 aromatic carbocycles. The monoisotopic (exact) mass is 219 g/mol. The summed E-state index contributed by atoms with van der Waals surface area (Å²) in [6.45, 7) is 2.40. The molecule has 0 radical (unpaired) electrons. The van der Waals surface area contributed by atoms with Crippen molar-refractivity contribution in [2.24, 2.45) is 0 Å². The highest BCUT2D eigenvalue weighted by molar-refractivity contribution is 5.20. The standard InChI is InChI=1S/C14H21NO/c1-11(12-6-3-2-4-7-12)14(10-16)15-13-8-5-9-13/h2-4,6-7,11,13-16H,5,8-10H2,1H3. The minimum atomic E-state index is 0.188. The van der Waals surface area contributed by atoms with E-state index in [4.69, 9.17) is 0 Å². The van der Waals surface area contributed by atoms with Gasteiger partial charge < -0.3 is 10.4 Å². The molecule has 0 spiro atoms. The highest BCUT2D eigenvalue weighted by Crippen LogP contribution is 2.23. The van der Waals surface area contributed by atoms with Crippen molar-refractivity contribution in [2.75, 3.05) is 6.61 Å². The average molecular weight is 219 g/mol. The maximum atomic E-state index is 9.46. The van der Waals surface area contributed by atoms with Crippen molar-refractivity contribution in [2.45, 2.75) is 44.2 Å². The highest BCUT2D eigenvalue weighted by atomic mass is 16.3. The van der Waals surface area contributed by atoms with E-state index < -0.39 is 0 Å². The molecule has 0 saturated heterocycles. The van der Waals surface area contributed by atoms with Crippen molar-refractivity contribution in [3.05, 3.63) is 35.9 Å². The molecule has 0 amide bonds. The second-order valence-electron chi connectivity index (χ2n) is 4.78. The number of hydrogen-bond donors (Lipinski definition) is 2. The lowest BCUT2D eigenvalue weighted by atomic mass is 9.88. The molecule has 2 atom stereocenters. The van der Waals surface area contributed by atoms with Crippen LogP contribution in [0.2, 0.25) is 0 Å². The van der Waals surface area contributed by atoms with Gasteiger partial charge >= 0.3 is 0 Å². The number of hydrogen-bond acceptors (Lipinski definition) is 2. The van der Waals surface area contributed by atoms with E-state index in [0.717, 1.165) is 0 Å². The minimum Gasteiger partial charge on any atom is -0.395 e. The lowest BCUT2D eigenvalue weighted by Crippen LogP contribution is -2.46. The zero-order valence-electron chi connectivity index (χ0n) is 9.89. The van der Waals surface area contributed by atoms with E-state index in [1.807, 2.05) is 6.07 Å². The Morgan fingerprint density at radius 3 is 2.50 bits per heavy atom. The molecule has 16 heavy (non-hydrogen) atoms. The van der Waals surface area contributed by atoms with Gasteiger partial charge in [-0.1, -0.05) is 43.7 Å². The maximum absolute atomic E-state index is 9.46. The van der Waals surface area contributed by atoms with Gasteiger partial charge in [-0.3, -0.25) is 0 Å². The molecule has 0 bridgehead atoms. The van der Waals surface area contributed by atoms with Crippen molar-refractivity contribution in [3.8, 4) is 0 Å². The molecule has 1 aliphatic carbocycles. The van der Waals surface area contributed by atoms with Crippen LogP contribution >= 0.6 is 0 Å². The Balaban J connectivity index is 1.97. The lowest BCUT2D eigenvalue weighted by molar-refractivity contribution is 0.193. The predicted molar refractivity (Wildman–Crippen MR) is 66.5 cm³/mol. The highest BCUT2D eigenvalue weighted by Gasteiger charge is 2.24. The van der Waals surface area contributed by atoms with E-state index >= 15 is 0 Å². The Bertz CT molecular complexity index is 308. The molecule has 0 aromatic heterocycles. The summed E-state index contributed by atoms with van der Waals surface area (Å²) in [5, 5.41) is 13.0. The van der Waals surface area contributed by atoms with Crippen LogP contribution in [0.25, 0.3) is 0 Å². The van der Waals surface area contributed by atoms with Gasteiger partial charge in [-0.05, 0) is 24.3 Å². The quantitative estimate of drug-likeness (QED) is 0.796. The summed E-state index contributed by atoms with van der Waals surface area (Å²) in [6, 6.07) is 11.2.